The highest BCUT2D eigenvalue weighted by Gasteiger charge is 2.47. The monoisotopic (exact) mass is 809 g/mol. The Bertz CT molecular complexity index is 2450. The number of nitro groups is 1. The minimum absolute atomic E-state index is 0.0177. The van der Waals surface area contributed by atoms with Gasteiger partial charge in [0.15, 0.2) is 0 Å². The van der Waals surface area contributed by atoms with Gasteiger partial charge in [0.05, 0.1) is 10.5 Å². The molecule has 0 fully saturated rings. The third kappa shape index (κ3) is 10.3. The molecule has 296 valence electrons. The first-order valence-corrected chi connectivity index (χ1v) is 20.6. The van der Waals surface area contributed by atoms with E-state index >= 15 is 0 Å². The normalized spacial score (nSPS) is 10.4. The number of phenolic OH excluding ortho intramolecular Hbond substituents is 1. The van der Waals surface area contributed by atoms with E-state index < -0.39 is 18.1 Å². The van der Waals surface area contributed by atoms with Crippen LogP contribution < -0.4 is 37.0 Å². The summed E-state index contributed by atoms with van der Waals surface area (Å²) in [5.74, 6) is -1.25. The number of amides is 2. The molecule has 9 nitrogen and oxygen atoms in total. The average Bonchev–Trinajstić information content (AvgIpc) is 3.29. The van der Waals surface area contributed by atoms with Crippen LogP contribution >= 0.6 is 7.26 Å². The summed E-state index contributed by atoms with van der Waals surface area (Å²) in [7, 11) is -1.91. The number of rotatable bonds is 9. The van der Waals surface area contributed by atoms with Gasteiger partial charge in [0.1, 0.15) is 34.2 Å². The van der Waals surface area contributed by atoms with Gasteiger partial charge in [-0.3, -0.25) is 19.7 Å². The number of carbonyl (C=O) groups excluding carboxylic acids is 2. The molecule has 0 heterocycles. The summed E-state index contributed by atoms with van der Waals surface area (Å²) >= 11 is 0. The molecule has 0 aliphatic rings. The molecule has 2 amide bonds. The van der Waals surface area contributed by atoms with E-state index in [1.165, 1.54) is 63.7 Å². The van der Waals surface area contributed by atoms with Crippen molar-refractivity contribution in [1.82, 2.24) is 0 Å². The zero-order valence-electron chi connectivity index (χ0n) is 32.2. The van der Waals surface area contributed by atoms with E-state index in [4.69, 9.17) is 0 Å². The van der Waals surface area contributed by atoms with Gasteiger partial charge in [0, 0.05) is 29.1 Å². The molecule has 0 saturated heterocycles. The second kappa shape index (κ2) is 20.5. The first-order chi connectivity index (χ1) is 29.3. The molecule has 0 aromatic heterocycles. The van der Waals surface area contributed by atoms with Gasteiger partial charge in [-0.25, -0.2) is 0 Å². The standard InChI is InChI=1S/C24H20P.C13H10N2O4.C13H11NO2/c1-5-13-21(14-6-1)25(22-15-7-2-8-16-22,23-17-9-3-10-18-23)24-19-11-4-12-20-24;16-12-4-2-1-3-11(12)13(17)14-9-5-7-10(8-6-9)15(18)19;15-12-9-5-4-8-11(12)13(16)14-10-6-2-1-3-7-10/h1-20H;1-8,16H,(H,14,17);1-9,15H,(H,14,16)/q+1;;/p-1. The Morgan fingerprint density at radius 1 is 0.433 bits per heavy atom. The Hall–Kier alpha value is -7.87. The maximum absolute atomic E-state index is 11.8. The van der Waals surface area contributed by atoms with Crippen molar-refractivity contribution in [1.29, 1.82) is 0 Å². The first kappa shape index (κ1) is 41.8. The van der Waals surface area contributed by atoms with Crippen LogP contribution in [0.3, 0.4) is 0 Å². The number of anilines is 2. The van der Waals surface area contributed by atoms with Crippen LogP contribution in [-0.2, 0) is 0 Å². The maximum Gasteiger partial charge on any atom is 0.269 e. The molecular weight excluding hydrogens is 770 g/mol. The van der Waals surface area contributed by atoms with E-state index in [1.54, 1.807) is 42.5 Å². The molecule has 10 heteroatoms. The van der Waals surface area contributed by atoms with Crippen molar-refractivity contribution in [2.45, 2.75) is 0 Å². The van der Waals surface area contributed by atoms with Crippen LogP contribution in [0.15, 0.2) is 224 Å². The zero-order chi connectivity index (χ0) is 42.2. The molecule has 8 rings (SSSR count). The molecule has 8 aromatic carbocycles. The molecular formula is C50H40N3O6P. The van der Waals surface area contributed by atoms with Crippen LogP contribution in [0.25, 0.3) is 0 Å². The van der Waals surface area contributed by atoms with Gasteiger partial charge < -0.3 is 20.8 Å². The van der Waals surface area contributed by atoms with Crippen molar-refractivity contribution >= 4 is 57.4 Å². The Balaban J connectivity index is 0.000000155. The summed E-state index contributed by atoms with van der Waals surface area (Å²) < 4.78 is 0. The third-order valence-corrected chi connectivity index (χ3v) is 13.5. The van der Waals surface area contributed by atoms with Crippen molar-refractivity contribution in [3.63, 3.8) is 0 Å². The number of phenols is 1. The predicted molar refractivity (Wildman–Crippen MR) is 241 cm³/mol. The topological polar surface area (TPSA) is 145 Å². The molecule has 0 unspecified atom stereocenters. The quantitative estimate of drug-likeness (QED) is 0.0755. The summed E-state index contributed by atoms with van der Waals surface area (Å²) in [6, 6.07) is 70.6. The molecule has 0 aliphatic heterocycles. The van der Waals surface area contributed by atoms with Gasteiger partial charge in [-0.1, -0.05) is 133 Å². The van der Waals surface area contributed by atoms with Gasteiger partial charge in [0.25, 0.3) is 17.5 Å². The van der Waals surface area contributed by atoms with Crippen LogP contribution in [0.2, 0.25) is 0 Å². The van der Waals surface area contributed by atoms with Crippen LogP contribution in [0.1, 0.15) is 20.7 Å². The van der Waals surface area contributed by atoms with Crippen molar-refractivity contribution in [3.8, 4) is 11.5 Å². The van der Waals surface area contributed by atoms with E-state index in [0.29, 0.717) is 11.4 Å². The van der Waals surface area contributed by atoms with Crippen LogP contribution in [-0.4, -0.2) is 21.8 Å². The van der Waals surface area contributed by atoms with Gasteiger partial charge in [-0.2, -0.15) is 0 Å². The SMILES string of the molecule is O=C(Nc1ccc([N+](=O)[O-])cc1)c1ccccc1[O-].O=C(Nc1ccccc1)c1ccccc1O.c1ccc([P+](c2ccccc2)(c2ccccc2)c2ccccc2)cc1. The van der Waals surface area contributed by atoms with Crippen LogP contribution in [0, 0.1) is 10.1 Å². The van der Waals surface area contributed by atoms with Gasteiger partial charge in [-0.05, 0) is 84.9 Å². The number of carbonyl (C=O) groups is 2. The fourth-order valence-corrected chi connectivity index (χ4v) is 10.7. The Morgan fingerprint density at radius 2 is 0.767 bits per heavy atom. The average molecular weight is 810 g/mol. The molecule has 0 spiro atoms. The Kier molecular flexibility index (Phi) is 14.3. The summed E-state index contributed by atoms with van der Waals surface area (Å²) in [5, 5.41) is 42.2. The number of nitrogens with zero attached hydrogens (tertiary/aromatic N) is 1. The largest absolute Gasteiger partial charge is 0.872 e. The molecule has 0 saturated carbocycles. The van der Waals surface area contributed by atoms with Gasteiger partial charge in [-0.15, -0.1) is 0 Å². The number of hydrogen-bond donors (Lipinski definition) is 3. The second-order valence-corrected chi connectivity index (χ2v) is 16.5. The third-order valence-electron chi connectivity index (χ3n) is 9.22. The minimum Gasteiger partial charge on any atom is -0.872 e. The molecule has 0 atom stereocenters. The van der Waals surface area contributed by atoms with Crippen molar-refractivity contribution in [2.24, 2.45) is 0 Å². The predicted octanol–water partition coefficient (Wildman–Crippen LogP) is 8.87. The highest BCUT2D eigenvalue weighted by molar-refractivity contribution is 8.01. The fourth-order valence-electron chi connectivity index (χ4n) is 6.41. The van der Waals surface area contributed by atoms with Crippen molar-refractivity contribution in [3.05, 3.63) is 246 Å². The second-order valence-electron chi connectivity index (χ2n) is 13.1. The molecule has 0 aliphatic carbocycles. The molecule has 0 radical (unpaired) electrons. The van der Waals surface area contributed by atoms with Crippen molar-refractivity contribution < 1.29 is 24.7 Å². The zero-order valence-corrected chi connectivity index (χ0v) is 33.1. The lowest BCUT2D eigenvalue weighted by molar-refractivity contribution is -0.384. The van der Waals surface area contributed by atoms with E-state index in [0.717, 1.165) is 0 Å². The smallest absolute Gasteiger partial charge is 0.269 e. The summed E-state index contributed by atoms with van der Waals surface area (Å²) in [6.45, 7) is 0. The number of aromatic hydroxyl groups is 1. The number of nitro benzene ring substituents is 1. The van der Waals surface area contributed by atoms with E-state index in [1.807, 2.05) is 18.2 Å². The molecule has 60 heavy (non-hydrogen) atoms. The number of benzene rings is 8. The highest BCUT2D eigenvalue weighted by atomic mass is 31.2. The number of nitrogens with one attached hydrogen (secondary N) is 2. The van der Waals surface area contributed by atoms with Gasteiger partial charge >= 0.3 is 0 Å². The highest BCUT2D eigenvalue weighted by Crippen LogP contribution is 2.54. The number of non-ortho nitro benzene ring substituents is 1. The van der Waals surface area contributed by atoms with Gasteiger partial charge in [0.2, 0.25) is 0 Å². The van der Waals surface area contributed by atoms with Crippen LogP contribution in [0.5, 0.6) is 11.5 Å². The maximum atomic E-state index is 11.8. The Labute approximate surface area is 348 Å². The van der Waals surface area contributed by atoms with E-state index in [-0.39, 0.29) is 34.2 Å². The van der Waals surface area contributed by atoms with E-state index in [9.17, 15) is 29.9 Å². The lowest BCUT2D eigenvalue weighted by Crippen LogP contribution is -2.38. The fraction of sp³-hybridized carbons (Fsp3) is 0. The summed E-state index contributed by atoms with van der Waals surface area (Å²) in [6.07, 6.45) is 0. The lowest BCUT2D eigenvalue weighted by Gasteiger charge is -2.27. The summed E-state index contributed by atoms with van der Waals surface area (Å²) in [5.41, 5.74) is 1.32. The Morgan fingerprint density at radius 3 is 1.17 bits per heavy atom. The minimum atomic E-state index is -1.91. The molecule has 3 N–H and O–H groups in total. The number of para-hydroxylation sites is 3. The van der Waals surface area contributed by atoms with E-state index in [2.05, 4.69) is 132 Å². The number of hydrogen-bond acceptors (Lipinski definition) is 6. The molecule has 8 aromatic rings. The first-order valence-electron chi connectivity index (χ1n) is 18.8. The summed E-state index contributed by atoms with van der Waals surface area (Å²) in [4.78, 5) is 33.5. The van der Waals surface area contributed by atoms with Crippen molar-refractivity contribution in [2.75, 3.05) is 10.6 Å². The van der Waals surface area contributed by atoms with Crippen LogP contribution in [0.4, 0.5) is 17.1 Å². The molecule has 0 bridgehead atoms. The lowest BCUT2D eigenvalue weighted by atomic mass is 10.2.